The summed E-state index contributed by atoms with van der Waals surface area (Å²) in [5, 5.41) is 10.5. The molecule has 8 heteroatoms. The molecule has 0 saturated carbocycles. The fourth-order valence-electron chi connectivity index (χ4n) is 4.10. The number of amides is 1. The summed E-state index contributed by atoms with van der Waals surface area (Å²) >= 11 is 3.23. The van der Waals surface area contributed by atoms with Crippen LogP contribution in [0.5, 0.6) is 0 Å². The second-order valence-electron chi connectivity index (χ2n) is 8.09. The summed E-state index contributed by atoms with van der Waals surface area (Å²) in [6, 6.07) is 18.5. The minimum atomic E-state index is 0.160. The molecule has 3 heterocycles. The van der Waals surface area contributed by atoms with Crippen molar-refractivity contribution in [1.29, 1.82) is 0 Å². The van der Waals surface area contributed by atoms with Gasteiger partial charge in [0.2, 0.25) is 5.91 Å². The summed E-state index contributed by atoms with van der Waals surface area (Å²) in [6.07, 6.45) is 2.10. The molecule has 2 aromatic heterocycles. The number of aryl methyl sites for hydroxylation is 1. The van der Waals surface area contributed by atoms with E-state index in [0.717, 1.165) is 47.4 Å². The van der Waals surface area contributed by atoms with Crippen LogP contribution in [0.25, 0.3) is 10.2 Å². The summed E-state index contributed by atoms with van der Waals surface area (Å²) in [5.41, 5.74) is 2.25. The molecule has 32 heavy (non-hydrogen) atoms. The van der Waals surface area contributed by atoms with Crippen molar-refractivity contribution >= 4 is 39.2 Å². The first kappa shape index (κ1) is 21.2. The van der Waals surface area contributed by atoms with Crippen LogP contribution in [-0.2, 0) is 11.3 Å². The van der Waals surface area contributed by atoms with Crippen molar-refractivity contribution in [1.82, 2.24) is 24.6 Å². The van der Waals surface area contributed by atoms with E-state index in [1.54, 1.807) is 11.3 Å². The van der Waals surface area contributed by atoms with Gasteiger partial charge in [0.1, 0.15) is 5.82 Å². The first-order valence-corrected chi connectivity index (χ1v) is 12.7. The number of fused-ring (bicyclic) bond motifs is 1. The van der Waals surface area contributed by atoms with E-state index in [9.17, 15) is 4.79 Å². The van der Waals surface area contributed by atoms with Gasteiger partial charge in [-0.15, -0.1) is 21.5 Å². The number of thiazole rings is 1. The molecule has 1 aliphatic heterocycles. The molecule has 1 saturated heterocycles. The number of rotatable bonds is 6. The maximum absolute atomic E-state index is 13.0. The summed E-state index contributed by atoms with van der Waals surface area (Å²) in [7, 11) is 0. The molecule has 0 radical (unpaired) electrons. The minimum absolute atomic E-state index is 0.160. The van der Waals surface area contributed by atoms with Gasteiger partial charge in [-0.3, -0.25) is 4.79 Å². The highest BCUT2D eigenvalue weighted by atomic mass is 32.2. The van der Waals surface area contributed by atoms with E-state index in [4.69, 9.17) is 4.98 Å². The van der Waals surface area contributed by atoms with E-state index in [0.29, 0.717) is 18.2 Å². The van der Waals surface area contributed by atoms with Crippen LogP contribution in [0.1, 0.15) is 35.2 Å². The molecule has 1 fully saturated rings. The molecule has 1 aliphatic rings. The smallest absolute Gasteiger partial charge is 0.233 e. The van der Waals surface area contributed by atoms with Crippen molar-refractivity contribution < 1.29 is 4.79 Å². The average molecular weight is 464 g/mol. The lowest BCUT2D eigenvalue weighted by Gasteiger charge is -2.31. The maximum atomic E-state index is 13.0. The molecule has 5 rings (SSSR count). The molecule has 6 nitrogen and oxygen atoms in total. The van der Waals surface area contributed by atoms with Gasteiger partial charge in [-0.05, 0) is 37.5 Å². The molecule has 0 spiro atoms. The third-order valence-electron chi connectivity index (χ3n) is 5.84. The van der Waals surface area contributed by atoms with Gasteiger partial charge in [0, 0.05) is 19.0 Å². The Morgan fingerprint density at radius 2 is 1.94 bits per heavy atom. The number of piperidine rings is 1. The lowest BCUT2D eigenvalue weighted by atomic mass is 9.99. The van der Waals surface area contributed by atoms with Crippen LogP contribution in [0.15, 0.2) is 59.8 Å². The molecule has 0 aliphatic carbocycles. The van der Waals surface area contributed by atoms with Gasteiger partial charge in [0.15, 0.2) is 5.16 Å². The van der Waals surface area contributed by atoms with Crippen LogP contribution >= 0.6 is 23.1 Å². The summed E-state index contributed by atoms with van der Waals surface area (Å²) in [4.78, 5) is 19.9. The van der Waals surface area contributed by atoms with Gasteiger partial charge in [0.25, 0.3) is 0 Å². The summed E-state index contributed by atoms with van der Waals surface area (Å²) < 4.78 is 3.29. The number of carbonyl (C=O) groups is 1. The topological polar surface area (TPSA) is 63.9 Å². The number of hydrogen-bond acceptors (Lipinski definition) is 6. The third kappa shape index (κ3) is 4.56. The Morgan fingerprint density at radius 1 is 1.12 bits per heavy atom. The Balaban J connectivity index is 1.23. The summed E-state index contributed by atoms with van der Waals surface area (Å²) in [6.45, 7) is 4.22. The van der Waals surface area contributed by atoms with Gasteiger partial charge in [-0.1, -0.05) is 54.2 Å². The molecule has 1 amide bonds. The van der Waals surface area contributed by atoms with E-state index in [1.165, 1.54) is 22.0 Å². The number of benzene rings is 2. The van der Waals surface area contributed by atoms with Crippen molar-refractivity contribution in [3.63, 3.8) is 0 Å². The van der Waals surface area contributed by atoms with E-state index < -0.39 is 0 Å². The zero-order valence-electron chi connectivity index (χ0n) is 18.0. The van der Waals surface area contributed by atoms with E-state index in [-0.39, 0.29) is 5.91 Å². The van der Waals surface area contributed by atoms with Crippen LogP contribution in [0.4, 0.5) is 0 Å². The highest BCUT2D eigenvalue weighted by molar-refractivity contribution is 7.99. The highest BCUT2D eigenvalue weighted by Crippen LogP contribution is 2.33. The first-order chi connectivity index (χ1) is 15.7. The Hall–Kier alpha value is -2.71. The number of hydrogen-bond donors (Lipinski definition) is 0. The normalized spacial score (nSPS) is 16.5. The predicted octanol–water partition coefficient (Wildman–Crippen LogP) is 4.74. The second-order valence-corrected chi connectivity index (χ2v) is 10.1. The molecule has 4 aromatic rings. The van der Waals surface area contributed by atoms with Gasteiger partial charge in [-0.2, -0.15) is 0 Å². The maximum Gasteiger partial charge on any atom is 0.233 e. The van der Waals surface area contributed by atoms with Gasteiger partial charge in [-0.25, -0.2) is 4.98 Å². The first-order valence-electron chi connectivity index (χ1n) is 10.9. The van der Waals surface area contributed by atoms with E-state index in [2.05, 4.69) is 45.1 Å². The van der Waals surface area contributed by atoms with E-state index in [1.807, 2.05) is 36.1 Å². The molecule has 164 valence electrons. The molecule has 1 atom stereocenters. The highest BCUT2D eigenvalue weighted by Gasteiger charge is 2.27. The van der Waals surface area contributed by atoms with Crippen LogP contribution in [0.3, 0.4) is 0 Å². The fourth-order valence-corrected chi connectivity index (χ4v) is 6.08. The van der Waals surface area contributed by atoms with Crippen LogP contribution in [-0.4, -0.2) is 49.4 Å². The summed E-state index contributed by atoms with van der Waals surface area (Å²) in [5.74, 6) is 1.71. The standard InChI is InChI=1S/C24H25N5OS2/c1-17-26-27-24(29(17)14-18-8-3-2-4-9-18)31-16-22(30)28-13-7-10-19(15-28)23-25-20-11-5-6-12-21(20)32-23/h2-6,8-9,11-12,19H,7,10,13-16H2,1H3/t19-/m1/s1. The number of nitrogens with zero attached hydrogens (tertiary/aromatic N) is 5. The largest absolute Gasteiger partial charge is 0.341 e. The SMILES string of the molecule is Cc1nnc(SCC(=O)N2CCC[C@@H](c3nc4ccccc4s3)C2)n1Cc1ccccc1. The quantitative estimate of drug-likeness (QED) is 0.386. The zero-order valence-corrected chi connectivity index (χ0v) is 19.6. The number of likely N-dealkylation sites (tertiary alicyclic amines) is 1. The lowest BCUT2D eigenvalue weighted by Crippen LogP contribution is -2.40. The predicted molar refractivity (Wildman–Crippen MR) is 129 cm³/mol. The Morgan fingerprint density at radius 3 is 2.78 bits per heavy atom. The average Bonchev–Trinajstić information content (AvgIpc) is 3.42. The van der Waals surface area contributed by atoms with Crippen molar-refractivity contribution in [3.05, 3.63) is 71.0 Å². The Kier molecular flexibility index (Phi) is 6.23. The minimum Gasteiger partial charge on any atom is -0.341 e. The van der Waals surface area contributed by atoms with Crippen molar-refractivity contribution in [3.8, 4) is 0 Å². The van der Waals surface area contributed by atoms with Gasteiger partial charge >= 0.3 is 0 Å². The van der Waals surface area contributed by atoms with Gasteiger partial charge in [0.05, 0.1) is 27.5 Å². The van der Waals surface area contributed by atoms with E-state index >= 15 is 0 Å². The molecular formula is C24H25N5OS2. The lowest BCUT2D eigenvalue weighted by molar-refractivity contribution is -0.129. The van der Waals surface area contributed by atoms with Gasteiger partial charge < -0.3 is 9.47 Å². The molecule has 0 N–H and O–H groups in total. The number of aromatic nitrogens is 4. The van der Waals surface area contributed by atoms with Crippen molar-refractivity contribution in [2.45, 2.75) is 37.4 Å². The second kappa shape index (κ2) is 9.42. The number of thioether (sulfide) groups is 1. The monoisotopic (exact) mass is 463 g/mol. The molecule has 0 unspecified atom stereocenters. The Bertz CT molecular complexity index is 1190. The third-order valence-corrected chi connectivity index (χ3v) is 7.99. The fraction of sp³-hybridized carbons (Fsp3) is 0.333. The van der Waals surface area contributed by atoms with Crippen LogP contribution in [0.2, 0.25) is 0 Å². The molecule has 2 aromatic carbocycles. The number of carbonyl (C=O) groups excluding carboxylic acids is 1. The molecular weight excluding hydrogens is 438 g/mol. The van der Waals surface area contributed by atoms with Crippen LogP contribution in [0, 0.1) is 6.92 Å². The van der Waals surface area contributed by atoms with Crippen LogP contribution < -0.4 is 0 Å². The van der Waals surface area contributed by atoms with Crippen molar-refractivity contribution in [2.75, 3.05) is 18.8 Å². The van der Waals surface area contributed by atoms with Crippen molar-refractivity contribution in [2.24, 2.45) is 0 Å². The molecule has 0 bridgehead atoms. The Labute approximate surface area is 195 Å². The zero-order chi connectivity index (χ0) is 21.9. The number of para-hydroxylation sites is 1.